The molecule has 5 heteroatoms. The lowest BCUT2D eigenvalue weighted by Crippen LogP contribution is -2.47. The van der Waals surface area contributed by atoms with Gasteiger partial charge in [0.1, 0.15) is 5.76 Å². The van der Waals surface area contributed by atoms with Crippen molar-refractivity contribution in [3.05, 3.63) is 47.8 Å². The number of carbonyl (C=O) groups is 1. The van der Waals surface area contributed by atoms with E-state index in [2.05, 4.69) is 25.2 Å². The van der Waals surface area contributed by atoms with Gasteiger partial charge in [0.05, 0.1) is 12.5 Å². The van der Waals surface area contributed by atoms with Crippen molar-refractivity contribution in [2.45, 2.75) is 51.6 Å². The van der Waals surface area contributed by atoms with E-state index in [-0.39, 0.29) is 11.3 Å². The first-order chi connectivity index (χ1) is 12.0. The first-order valence-corrected chi connectivity index (χ1v) is 9.17. The molecule has 2 aromatic rings. The molecular weight excluding hydrogens is 316 g/mol. The Balaban J connectivity index is 1.37. The van der Waals surface area contributed by atoms with Crippen LogP contribution in [0.15, 0.2) is 39.6 Å². The maximum absolute atomic E-state index is 12.4. The van der Waals surface area contributed by atoms with Crippen LogP contribution in [0, 0.1) is 5.41 Å². The second kappa shape index (κ2) is 6.37. The summed E-state index contributed by atoms with van der Waals surface area (Å²) in [4.78, 5) is 14.3. The first kappa shape index (κ1) is 16.5. The van der Waals surface area contributed by atoms with Crippen molar-refractivity contribution in [2.24, 2.45) is 5.41 Å². The molecular formula is C20H26N2O3. The summed E-state index contributed by atoms with van der Waals surface area (Å²) in [6.45, 7) is 6.15. The normalized spacial score (nSPS) is 23.4. The van der Waals surface area contributed by atoms with E-state index in [1.807, 2.05) is 11.2 Å². The van der Waals surface area contributed by atoms with Gasteiger partial charge in [0, 0.05) is 37.2 Å². The number of fused-ring (bicyclic) bond motifs is 1. The number of nitrogens with zero attached hydrogens (tertiary/aromatic N) is 1. The zero-order valence-electron chi connectivity index (χ0n) is 15.0. The van der Waals surface area contributed by atoms with E-state index in [0.717, 1.165) is 44.5 Å². The Kier molecular flexibility index (Phi) is 4.20. The smallest absolute Gasteiger partial charge is 0.289 e. The van der Waals surface area contributed by atoms with Crippen LogP contribution in [0.4, 0.5) is 0 Å². The zero-order valence-corrected chi connectivity index (χ0v) is 15.0. The third kappa shape index (κ3) is 3.38. The Morgan fingerprint density at radius 2 is 2.00 bits per heavy atom. The van der Waals surface area contributed by atoms with Gasteiger partial charge in [-0.2, -0.15) is 0 Å². The van der Waals surface area contributed by atoms with Crippen LogP contribution in [0.3, 0.4) is 0 Å². The number of rotatable bonds is 3. The van der Waals surface area contributed by atoms with Crippen LogP contribution < -0.4 is 5.32 Å². The summed E-state index contributed by atoms with van der Waals surface area (Å²) in [5.41, 5.74) is 1.56. The third-order valence-electron chi connectivity index (χ3n) is 5.50. The van der Waals surface area contributed by atoms with E-state index in [0.29, 0.717) is 17.8 Å². The molecule has 4 rings (SSSR count). The van der Waals surface area contributed by atoms with Gasteiger partial charge in [0.25, 0.3) is 5.91 Å². The summed E-state index contributed by atoms with van der Waals surface area (Å²) >= 11 is 0. The minimum absolute atomic E-state index is 0.000583. The molecule has 3 heterocycles. The molecule has 0 bridgehead atoms. The maximum atomic E-state index is 12.4. The largest absolute Gasteiger partial charge is 0.469 e. The number of furan rings is 2. The van der Waals surface area contributed by atoms with Gasteiger partial charge in [-0.1, -0.05) is 13.8 Å². The van der Waals surface area contributed by atoms with Gasteiger partial charge in [0.2, 0.25) is 0 Å². The van der Waals surface area contributed by atoms with Crippen molar-refractivity contribution in [1.82, 2.24) is 10.2 Å². The molecule has 1 fully saturated rings. The summed E-state index contributed by atoms with van der Waals surface area (Å²) in [7, 11) is 0. The Labute approximate surface area is 148 Å². The van der Waals surface area contributed by atoms with Gasteiger partial charge >= 0.3 is 0 Å². The second-order valence-corrected chi connectivity index (χ2v) is 8.11. The molecule has 1 amide bonds. The Bertz CT molecular complexity index is 724. The van der Waals surface area contributed by atoms with Crippen LogP contribution in [0.1, 0.15) is 61.0 Å². The summed E-state index contributed by atoms with van der Waals surface area (Å²) in [5, 5.41) is 3.83. The molecule has 1 saturated heterocycles. The Morgan fingerprint density at radius 1 is 1.20 bits per heavy atom. The van der Waals surface area contributed by atoms with Crippen molar-refractivity contribution < 1.29 is 13.6 Å². The molecule has 2 aromatic heterocycles. The van der Waals surface area contributed by atoms with Crippen molar-refractivity contribution in [1.29, 1.82) is 0 Å². The number of hydrogen-bond acceptors (Lipinski definition) is 4. The first-order valence-electron chi connectivity index (χ1n) is 9.17. The minimum Gasteiger partial charge on any atom is -0.469 e. The van der Waals surface area contributed by atoms with E-state index in [1.165, 1.54) is 5.56 Å². The van der Waals surface area contributed by atoms with Gasteiger partial charge in [-0.15, -0.1) is 0 Å². The van der Waals surface area contributed by atoms with Crippen LogP contribution in [-0.4, -0.2) is 29.9 Å². The van der Waals surface area contributed by atoms with Crippen LogP contribution >= 0.6 is 0 Å². The van der Waals surface area contributed by atoms with Gasteiger partial charge < -0.3 is 19.1 Å². The summed E-state index contributed by atoms with van der Waals surface area (Å²) in [5.74, 6) is 1.56. The molecule has 5 nitrogen and oxygen atoms in total. The van der Waals surface area contributed by atoms with Crippen molar-refractivity contribution in [3.8, 4) is 0 Å². The molecule has 1 aliphatic heterocycles. The summed E-state index contributed by atoms with van der Waals surface area (Å²) in [6.07, 6.45) is 7.42. The van der Waals surface area contributed by atoms with E-state index in [9.17, 15) is 4.79 Å². The fourth-order valence-electron chi connectivity index (χ4n) is 4.21. The van der Waals surface area contributed by atoms with E-state index in [1.54, 1.807) is 18.4 Å². The lowest BCUT2D eigenvalue weighted by atomic mass is 9.74. The average Bonchev–Trinajstić information content (AvgIpc) is 3.25. The number of piperidine rings is 1. The highest BCUT2D eigenvalue weighted by molar-refractivity contribution is 5.91. The molecule has 0 saturated carbocycles. The molecule has 1 N–H and O–H groups in total. The third-order valence-corrected chi connectivity index (χ3v) is 5.50. The van der Waals surface area contributed by atoms with Crippen molar-refractivity contribution in [3.63, 3.8) is 0 Å². The quantitative estimate of drug-likeness (QED) is 0.922. The number of amides is 1. The molecule has 134 valence electrons. The van der Waals surface area contributed by atoms with E-state index >= 15 is 0 Å². The van der Waals surface area contributed by atoms with E-state index in [4.69, 9.17) is 8.83 Å². The minimum atomic E-state index is -0.000583. The molecule has 0 radical (unpaired) electrons. The predicted octanol–water partition coefficient (Wildman–Crippen LogP) is 3.78. The number of likely N-dealkylation sites (tertiary alicyclic amines) is 1. The van der Waals surface area contributed by atoms with Gasteiger partial charge in [0.15, 0.2) is 5.76 Å². The van der Waals surface area contributed by atoms with E-state index < -0.39 is 0 Å². The van der Waals surface area contributed by atoms with Crippen molar-refractivity contribution >= 4 is 5.91 Å². The fraction of sp³-hybridized carbons (Fsp3) is 0.550. The summed E-state index contributed by atoms with van der Waals surface area (Å²) in [6, 6.07) is 6.38. The monoisotopic (exact) mass is 342 g/mol. The molecule has 0 spiro atoms. The average molecular weight is 342 g/mol. The second-order valence-electron chi connectivity index (χ2n) is 8.11. The van der Waals surface area contributed by atoms with Crippen molar-refractivity contribution in [2.75, 3.05) is 13.1 Å². The fourth-order valence-corrected chi connectivity index (χ4v) is 4.21. The topological polar surface area (TPSA) is 58.6 Å². The van der Waals surface area contributed by atoms with Gasteiger partial charge in [-0.3, -0.25) is 4.79 Å². The molecule has 1 aliphatic carbocycles. The van der Waals surface area contributed by atoms with Gasteiger partial charge in [-0.05, 0) is 42.9 Å². The number of nitrogens with one attached hydrogen (secondary N) is 1. The van der Waals surface area contributed by atoms with Gasteiger partial charge in [-0.25, -0.2) is 0 Å². The molecule has 0 aromatic carbocycles. The number of hydrogen-bond donors (Lipinski definition) is 1. The lowest BCUT2D eigenvalue weighted by molar-refractivity contribution is 0.0666. The lowest BCUT2D eigenvalue weighted by Gasteiger charge is -2.39. The molecule has 1 atom stereocenters. The Hall–Kier alpha value is -2.01. The highest BCUT2D eigenvalue weighted by atomic mass is 16.3. The predicted molar refractivity (Wildman–Crippen MR) is 94.3 cm³/mol. The SMILES string of the molecule is CC1(C)Cc2occc2[C@@H](NC2CCN(C(=O)c3ccco3)CC2)C1. The highest BCUT2D eigenvalue weighted by Crippen LogP contribution is 2.41. The standard InChI is InChI=1S/C20H26N2O3/c1-20(2)12-16(15-7-11-25-18(15)13-20)21-14-5-8-22(9-6-14)19(23)17-4-3-10-24-17/h3-4,7,10-11,14,16,21H,5-6,8-9,12-13H2,1-2H3/t16-/m0/s1. The zero-order chi connectivity index (χ0) is 17.4. The van der Waals surface area contributed by atoms with Crippen LogP contribution in [0.25, 0.3) is 0 Å². The van der Waals surface area contributed by atoms with Crippen LogP contribution in [-0.2, 0) is 6.42 Å². The Morgan fingerprint density at radius 3 is 2.72 bits per heavy atom. The highest BCUT2D eigenvalue weighted by Gasteiger charge is 2.36. The maximum Gasteiger partial charge on any atom is 0.289 e. The molecule has 2 aliphatic rings. The van der Waals surface area contributed by atoms with Crippen LogP contribution in [0.2, 0.25) is 0 Å². The summed E-state index contributed by atoms with van der Waals surface area (Å²) < 4.78 is 10.9. The molecule has 0 unspecified atom stereocenters. The van der Waals surface area contributed by atoms with Crippen LogP contribution in [0.5, 0.6) is 0 Å². The molecule has 25 heavy (non-hydrogen) atoms. The number of carbonyl (C=O) groups excluding carboxylic acids is 1.